The monoisotopic (exact) mass is 211 g/mol. The minimum atomic E-state index is -1.03. The lowest BCUT2D eigenvalue weighted by Crippen LogP contribution is -2.03. The molecule has 1 heterocycles. The second-order valence-electron chi connectivity index (χ2n) is 2.89. The molecule has 0 aliphatic rings. The van der Waals surface area contributed by atoms with Crippen molar-refractivity contribution in [2.75, 3.05) is 13.7 Å². The second kappa shape index (κ2) is 5.19. The molecule has 1 rings (SSSR count). The van der Waals surface area contributed by atoms with E-state index in [1.165, 1.54) is 19.2 Å². The molecule has 0 unspecified atom stereocenters. The molecule has 0 aliphatic heterocycles. The fourth-order valence-electron chi connectivity index (χ4n) is 0.989. The van der Waals surface area contributed by atoms with Gasteiger partial charge in [0.05, 0.1) is 19.3 Å². The highest BCUT2D eigenvalue weighted by Crippen LogP contribution is 2.17. The lowest BCUT2D eigenvalue weighted by atomic mass is 10.2. The summed E-state index contributed by atoms with van der Waals surface area (Å²) in [6, 6.07) is 2.72. The first-order valence-corrected chi connectivity index (χ1v) is 4.59. The van der Waals surface area contributed by atoms with E-state index < -0.39 is 5.97 Å². The number of hydrogen-bond donors (Lipinski definition) is 1. The number of nitrogens with zero attached hydrogens (tertiary/aromatic N) is 1. The predicted octanol–water partition coefficient (Wildman–Crippen LogP) is 1.58. The van der Waals surface area contributed by atoms with Crippen molar-refractivity contribution in [3.63, 3.8) is 0 Å². The van der Waals surface area contributed by atoms with E-state index in [-0.39, 0.29) is 17.3 Å². The van der Waals surface area contributed by atoms with Crippen LogP contribution in [0.4, 0.5) is 0 Å². The summed E-state index contributed by atoms with van der Waals surface area (Å²) in [4.78, 5) is 14.7. The molecule has 0 aromatic carbocycles. The molecule has 0 saturated carbocycles. The fourth-order valence-corrected chi connectivity index (χ4v) is 0.989. The van der Waals surface area contributed by atoms with Gasteiger partial charge in [0.2, 0.25) is 11.8 Å². The molecule has 0 radical (unpaired) electrons. The van der Waals surface area contributed by atoms with Crippen LogP contribution in [0.2, 0.25) is 0 Å². The Morgan fingerprint density at radius 1 is 1.47 bits per heavy atom. The lowest BCUT2D eigenvalue weighted by molar-refractivity contribution is 0.0695. The molecule has 0 aliphatic carbocycles. The maximum Gasteiger partial charge on any atom is 0.336 e. The molecule has 1 N–H and O–H groups in total. The lowest BCUT2D eigenvalue weighted by Gasteiger charge is -2.06. The van der Waals surface area contributed by atoms with Crippen molar-refractivity contribution in [1.29, 1.82) is 0 Å². The fraction of sp³-hybridized carbons (Fsp3) is 0.400. The van der Waals surface area contributed by atoms with E-state index in [2.05, 4.69) is 4.98 Å². The van der Waals surface area contributed by atoms with Gasteiger partial charge in [-0.2, -0.15) is 4.98 Å². The first-order valence-electron chi connectivity index (χ1n) is 4.59. The predicted molar refractivity (Wildman–Crippen MR) is 53.5 cm³/mol. The van der Waals surface area contributed by atoms with Crippen LogP contribution in [0.5, 0.6) is 11.8 Å². The number of hydrogen-bond acceptors (Lipinski definition) is 4. The highest BCUT2D eigenvalue weighted by atomic mass is 16.5. The average molecular weight is 211 g/mol. The third-order valence-corrected chi connectivity index (χ3v) is 1.69. The third-order valence-electron chi connectivity index (χ3n) is 1.69. The van der Waals surface area contributed by atoms with Gasteiger partial charge >= 0.3 is 5.97 Å². The molecule has 0 atom stereocenters. The zero-order chi connectivity index (χ0) is 11.3. The summed E-state index contributed by atoms with van der Waals surface area (Å²) in [7, 11) is 1.43. The molecule has 1 aromatic heterocycles. The van der Waals surface area contributed by atoms with Gasteiger partial charge in [0.1, 0.15) is 0 Å². The molecule has 5 heteroatoms. The molecular weight excluding hydrogens is 198 g/mol. The summed E-state index contributed by atoms with van der Waals surface area (Å²) in [5.74, 6) is -0.522. The van der Waals surface area contributed by atoms with Crippen LogP contribution in [0.1, 0.15) is 23.7 Å². The average Bonchev–Trinajstić information content (AvgIpc) is 2.25. The molecule has 0 spiro atoms. The number of carboxylic acid groups (broad SMARTS) is 1. The number of carbonyl (C=O) groups is 1. The Bertz CT molecular complexity index is 351. The number of methoxy groups -OCH3 is 1. The Morgan fingerprint density at radius 2 is 2.13 bits per heavy atom. The van der Waals surface area contributed by atoms with E-state index in [1.54, 1.807) is 0 Å². The van der Waals surface area contributed by atoms with Gasteiger partial charge in [-0.15, -0.1) is 0 Å². The molecule has 0 amide bonds. The van der Waals surface area contributed by atoms with Gasteiger partial charge in [0.25, 0.3) is 0 Å². The molecule has 82 valence electrons. The number of pyridine rings is 1. The Labute approximate surface area is 87.7 Å². The zero-order valence-electron chi connectivity index (χ0n) is 8.69. The van der Waals surface area contributed by atoms with Crippen molar-refractivity contribution >= 4 is 5.97 Å². The number of carboxylic acids is 1. The normalized spacial score (nSPS) is 9.73. The quantitative estimate of drug-likeness (QED) is 0.800. The Hall–Kier alpha value is -1.78. The molecule has 0 fully saturated rings. The molecule has 1 aromatic rings. The van der Waals surface area contributed by atoms with Gasteiger partial charge in [-0.1, -0.05) is 6.92 Å². The molecular formula is C10H13NO4. The summed E-state index contributed by atoms with van der Waals surface area (Å²) >= 11 is 0. The van der Waals surface area contributed by atoms with Crippen LogP contribution in [0.15, 0.2) is 12.1 Å². The van der Waals surface area contributed by atoms with Crippen LogP contribution >= 0.6 is 0 Å². The standard InChI is InChI=1S/C10H13NO4/c1-3-4-15-9-6-7(10(12)13)5-8(11-9)14-2/h5-6H,3-4H2,1-2H3,(H,12,13). The highest BCUT2D eigenvalue weighted by Gasteiger charge is 2.09. The van der Waals surface area contributed by atoms with Crippen LogP contribution < -0.4 is 9.47 Å². The third kappa shape index (κ3) is 3.12. The smallest absolute Gasteiger partial charge is 0.336 e. The van der Waals surface area contributed by atoms with Crippen molar-refractivity contribution in [2.24, 2.45) is 0 Å². The van der Waals surface area contributed by atoms with Gasteiger partial charge in [0.15, 0.2) is 0 Å². The first kappa shape index (κ1) is 11.3. The van der Waals surface area contributed by atoms with E-state index in [4.69, 9.17) is 14.6 Å². The van der Waals surface area contributed by atoms with Gasteiger partial charge < -0.3 is 14.6 Å². The van der Waals surface area contributed by atoms with Gasteiger partial charge in [-0.3, -0.25) is 0 Å². The number of ether oxygens (including phenoxy) is 2. The van der Waals surface area contributed by atoms with E-state index in [1.807, 2.05) is 6.92 Å². The van der Waals surface area contributed by atoms with Crippen LogP contribution in [0.25, 0.3) is 0 Å². The maximum atomic E-state index is 10.8. The highest BCUT2D eigenvalue weighted by molar-refractivity contribution is 5.88. The van der Waals surface area contributed by atoms with Crippen LogP contribution in [0.3, 0.4) is 0 Å². The van der Waals surface area contributed by atoms with Crippen molar-refractivity contribution in [3.8, 4) is 11.8 Å². The van der Waals surface area contributed by atoms with Crippen LogP contribution in [-0.4, -0.2) is 29.8 Å². The van der Waals surface area contributed by atoms with E-state index in [0.29, 0.717) is 6.61 Å². The molecule has 0 bridgehead atoms. The second-order valence-corrected chi connectivity index (χ2v) is 2.89. The minimum Gasteiger partial charge on any atom is -0.481 e. The Morgan fingerprint density at radius 3 is 2.67 bits per heavy atom. The van der Waals surface area contributed by atoms with E-state index in [9.17, 15) is 4.79 Å². The maximum absolute atomic E-state index is 10.8. The number of aromatic nitrogens is 1. The summed E-state index contributed by atoms with van der Waals surface area (Å²) in [6.07, 6.45) is 0.835. The topological polar surface area (TPSA) is 68.7 Å². The van der Waals surface area contributed by atoms with Crippen molar-refractivity contribution in [2.45, 2.75) is 13.3 Å². The summed E-state index contributed by atoms with van der Waals surface area (Å²) < 4.78 is 10.1. The number of rotatable bonds is 5. The number of aromatic carboxylic acids is 1. The minimum absolute atomic E-state index is 0.105. The van der Waals surface area contributed by atoms with Crippen LogP contribution in [-0.2, 0) is 0 Å². The first-order chi connectivity index (χ1) is 7.17. The van der Waals surface area contributed by atoms with Crippen molar-refractivity contribution in [1.82, 2.24) is 4.98 Å². The summed E-state index contributed by atoms with van der Waals surface area (Å²) in [5.41, 5.74) is 0.105. The molecule has 15 heavy (non-hydrogen) atoms. The van der Waals surface area contributed by atoms with Gasteiger partial charge in [-0.05, 0) is 6.42 Å². The van der Waals surface area contributed by atoms with Crippen LogP contribution in [0, 0.1) is 0 Å². The Kier molecular flexibility index (Phi) is 3.91. The summed E-state index contributed by atoms with van der Waals surface area (Å²) in [5, 5.41) is 8.82. The van der Waals surface area contributed by atoms with Gasteiger partial charge in [0, 0.05) is 12.1 Å². The van der Waals surface area contributed by atoms with Gasteiger partial charge in [-0.25, -0.2) is 4.79 Å². The van der Waals surface area contributed by atoms with E-state index in [0.717, 1.165) is 6.42 Å². The molecule has 5 nitrogen and oxygen atoms in total. The largest absolute Gasteiger partial charge is 0.481 e. The SMILES string of the molecule is CCCOc1cc(C(=O)O)cc(OC)n1. The van der Waals surface area contributed by atoms with Crippen molar-refractivity contribution in [3.05, 3.63) is 17.7 Å². The summed E-state index contributed by atoms with van der Waals surface area (Å²) in [6.45, 7) is 2.46. The Balaban J connectivity index is 2.95. The zero-order valence-corrected chi connectivity index (χ0v) is 8.69. The van der Waals surface area contributed by atoms with Crippen molar-refractivity contribution < 1.29 is 19.4 Å². The van der Waals surface area contributed by atoms with E-state index >= 15 is 0 Å². The molecule has 0 saturated heterocycles.